The van der Waals surface area contributed by atoms with Crippen molar-refractivity contribution >= 4 is 33.5 Å². The molecule has 0 bridgehead atoms. The Bertz CT molecular complexity index is 1860. The van der Waals surface area contributed by atoms with Gasteiger partial charge < -0.3 is 19.9 Å². The molecule has 5 rings (SSSR count). The van der Waals surface area contributed by atoms with Crippen molar-refractivity contribution in [3.63, 3.8) is 0 Å². The highest BCUT2D eigenvalue weighted by molar-refractivity contribution is 7.92. The molecule has 10 nitrogen and oxygen atoms in total. The summed E-state index contributed by atoms with van der Waals surface area (Å²) in [6, 6.07) is 15.1. The highest BCUT2D eigenvalue weighted by Crippen LogP contribution is 2.35. The number of esters is 1. The molecule has 0 saturated heterocycles. The van der Waals surface area contributed by atoms with Crippen LogP contribution in [-0.2, 0) is 19.4 Å². The number of nitrogens with zero attached hydrogens (tertiary/aromatic N) is 1. The first kappa shape index (κ1) is 30.3. The number of anilines is 1. The first-order chi connectivity index (χ1) is 21.0. The van der Waals surface area contributed by atoms with Crippen molar-refractivity contribution in [2.75, 3.05) is 12.4 Å². The molecular formula is C31H24F2N2O8S. The molecule has 226 valence electrons. The van der Waals surface area contributed by atoms with Crippen molar-refractivity contribution < 1.29 is 46.2 Å². The maximum Gasteiger partial charge on any atom is 0.338 e. The normalized spacial score (nSPS) is 13.5. The molecule has 3 aromatic carbocycles. The summed E-state index contributed by atoms with van der Waals surface area (Å²) in [5, 5.41) is 11.9. The van der Waals surface area contributed by atoms with Crippen LogP contribution in [0.25, 0.3) is 11.1 Å². The van der Waals surface area contributed by atoms with Gasteiger partial charge in [-0.15, -0.1) is 0 Å². The second kappa shape index (κ2) is 12.2. The zero-order valence-electron chi connectivity index (χ0n) is 23.0. The average Bonchev–Trinajstić information content (AvgIpc) is 3.87. The monoisotopic (exact) mass is 622 g/mol. The quantitative estimate of drug-likeness (QED) is 0.228. The van der Waals surface area contributed by atoms with Gasteiger partial charge in [-0.2, -0.15) is 0 Å². The number of amides is 1. The lowest BCUT2D eigenvalue weighted by molar-refractivity contribution is -0.123. The largest absolute Gasteiger partial charge is 0.478 e. The van der Waals surface area contributed by atoms with Crippen LogP contribution in [0.3, 0.4) is 0 Å². The molecule has 1 fully saturated rings. The minimum absolute atomic E-state index is 0.0147. The molecule has 0 aliphatic heterocycles. The van der Waals surface area contributed by atoms with E-state index in [1.165, 1.54) is 60.8 Å². The van der Waals surface area contributed by atoms with E-state index in [9.17, 15) is 36.7 Å². The summed E-state index contributed by atoms with van der Waals surface area (Å²) >= 11 is 0. The van der Waals surface area contributed by atoms with E-state index in [4.69, 9.17) is 4.74 Å². The summed E-state index contributed by atoms with van der Waals surface area (Å²) in [7, 11) is -2.38. The number of rotatable bonds is 10. The second-order valence-electron chi connectivity index (χ2n) is 9.83. The number of halogens is 2. The van der Waals surface area contributed by atoms with Crippen molar-refractivity contribution in [1.82, 2.24) is 4.98 Å². The lowest BCUT2D eigenvalue weighted by atomic mass is 9.96. The van der Waals surface area contributed by atoms with E-state index in [2.05, 4.69) is 15.0 Å². The molecule has 2 N–H and O–H groups in total. The molecule has 1 saturated carbocycles. The summed E-state index contributed by atoms with van der Waals surface area (Å²) in [5.41, 5.74) is 0.238. The van der Waals surface area contributed by atoms with Crippen LogP contribution < -0.4 is 10.1 Å². The average molecular weight is 623 g/mol. The Labute approximate surface area is 250 Å². The Kier molecular flexibility index (Phi) is 8.41. The van der Waals surface area contributed by atoms with Crippen molar-refractivity contribution in [1.29, 1.82) is 0 Å². The van der Waals surface area contributed by atoms with Crippen LogP contribution in [0.1, 0.15) is 45.2 Å². The summed E-state index contributed by atoms with van der Waals surface area (Å²) < 4.78 is 63.5. The topological polar surface area (TPSA) is 149 Å². The second-order valence-corrected chi connectivity index (χ2v) is 12.1. The number of pyridine rings is 1. The zero-order valence-corrected chi connectivity index (χ0v) is 23.8. The molecule has 1 atom stereocenters. The third kappa shape index (κ3) is 6.27. The molecular weight excluding hydrogens is 598 g/mol. The first-order valence-electron chi connectivity index (χ1n) is 13.2. The number of aromatic nitrogens is 1. The molecule has 4 aromatic rings. The Hall–Kier alpha value is -5.17. The predicted octanol–water partition coefficient (Wildman–Crippen LogP) is 5.21. The number of carbonyl (C=O) groups excluding carboxylic acids is 2. The van der Waals surface area contributed by atoms with Crippen molar-refractivity contribution in [2.24, 2.45) is 0 Å². The molecule has 1 aromatic heterocycles. The third-order valence-electron chi connectivity index (χ3n) is 6.86. The third-order valence-corrected chi connectivity index (χ3v) is 9.14. The molecule has 1 aliphatic carbocycles. The van der Waals surface area contributed by atoms with Gasteiger partial charge in [-0.1, -0.05) is 24.3 Å². The van der Waals surface area contributed by atoms with Gasteiger partial charge in [-0.3, -0.25) is 4.79 Å². The first-order valence-corrected chi connectivity index (χ1v) is 14.7. The van der Waals surface area contributed by atoms with E-state index in [0.29, 0.717) is 24.5 Å². The minimum atomic E-state index is -3.51. The Morgan fingerprint density at radius 3 is 2.32 bits per heavy atom. The van der Waals surface area contributed by atoms with Crippen LogP contribution in [0.5, 0.6) is 5.75 Å². The molecule has 0 radical (unpaired) electrons. The van der Waals surface area contributed by atoms with Gasteiger partial charge in [0.2, 0.25) is 6.10 Å². The predicted molar refractivity (Wildman–Crippen MR) is 153 cm³/mol. The SMILES string of the molecule is COC(=O)c1cccc(-c2ccc(NC(=O)C(Oc3ccc(F)cc3F)c3ccc(S(=O)(=O)C4CC4)cc3)nc2)c1C(=O)O. The van der Waals surface area contributed by atoms with Gasteiger partial charge in [0.15, 0.2) is 21.4 Å². The van der Waals surface area contributed by atoms with Crippen molar-refractivity contribution in [3.8, 4) is 16.9 Å². The summed E-state index contributed by atoms with van der Waals surface area (Å²) in [6.07, 6.45) is 0.917. The highest BCUT2D eigenvalue weighted by Gasteiger charge is 2.37. The number of methoxy groups -OCH3 is 1. The molecule has 1 aliphatic rings. The van der Waals surface area contributed by atoms with Crippen LogP contribution in [0.2, 0.25) is 0 Å². The van der Waals surface area contributed by atoms with Gasteiger partial charge in [-0.25, -0.2) is 31.8 Å². The summed E-state index contributed by atoms with van der Waals surface area (Å²) in [6.45, 7) is 0. The van der Waals surface area contributed by atoms with Crippen molar-refractivity contribution in [2.45, 2.75) is 29.1 Å². The van der Waals surface area contributed by atoms with Crippen LogP contribution in [0.15, 0.2) is 83.9 Å². The van der Waals surface area contributed by atoms with E-state index in [1.807, 2.05) is 0 Å². The lowest BCUT2D eigenvalue weighted by Gasteiger charge is -2.20. The van der Waals surface area contributed by atoms with Gasteiger partial charge in [0.25, 0.3) is 5.91 Å². The fourth-order valence-electron chi connectivity index (χ4n) is 4.50. The van der Waals surface area contributed by atoms with Gasteiger partial charge in [0, 0.05) is 23.4 Å². The minimum Gasteiger partial charge on any atom is -0.478 e. The van der Waals surface area contributed by atoms with Gasteiger partial charge >= 0.3 is 11.9 Å². The van der Waals surface area contributed by atoms with Gasteiger partial charge in [-0.05, 0) is 60.9 Å². The number of ether oxygens (including phenoxy) is 2. The highest BCUT2D eigenvalue weighted by atomic mass is 32.2. The summed E-state index contributed by atoms with van der Waals surface area (Å²) in [5.74, 6) is -5.31. The maximum absolute atomic E-state index is 14.5. The van der Waals surface area contributed by atoms with Gasteiger partial charge in [0.1, 0.15) is 11.6 Å². The summed E-state index contributed by atoms with van der Waals surface area (Å²) in [4.78, 5) is 41.8. The number of hydrogen-bond donors (Lipinski definition) is 2. The van der Waals surface area contributed by atoms with Crippen LogP contribution >= 0.6 is 0 Å². The van der Waals surface area contributed by atoms with Crippen LogP contribution in [0.4, 0.5) is 14.6 Å². The number of aromatic carboxylic acids is 1. The number of sulfone groups is 1. The fraction of sp³-hybridized carbons (Fsp3) is 0.161. The van der Waals surface area contributed by atoms with E-state index in [-0.39, 0.29) is 33.0 Å². The van der Waals surface area contributed by atoms with Crippen LogP contribution in [-0.4, -0.2) is 48.7 Å². The Morgan fingerprint density at radius 1 is 1.00 bits per heavy atom. The smallest absolute Gasteiger partial charge is 0.338 e. The fourth-order valence-corrected chi connectivity index (χ4v) is 6.15. The Morgan fingerprint density at radius 2 is 1.73 bits per heavy atom. The lowest BCUT2D eigenvalue weighted by Crippen LogP contribution is -2.26. The van der Waals surface area contributed by atoms with E-state index >= 15 is 0 Å². The van der Waals surface area contributed by atoms with E-state index in [1.54, 1.807) is 0 Å². The number of benzene rings is 3. The Balaban J connectivity index is 1.43. The molecule has 1 amide bonds. The number of carbonyl (C=O) groups is 3. The standard InChI is InChI=1S/C31H24F2N2O8S/c1-42-31(39)23-4-2-3-22(27(23)30(37)38)18-7-14-26(34-16-18)35-29(36)28(43-25-13-8-19(32)15-24(25)33)17-5-9-20(10-6-17)44(40,41)21-11-12-21/h2-10,13-16,21,28H,11-12H2,1H3,(H,37,38)(H,34,35,36). The van der Waals surface area contributed by atoms with E-state index in [0.717, 1.165) is 19.2 Å². The van der Waals surface area contributed by atoms with Gasteiger partial charge in [0.05, 0.1) is 28.4 Å². The van der Waals surface area contributed by atoms with Crippen molar-refractivity contribution in [3.05, 3.63) is 107 Å². The number of carboxylic acid groups (broad SMARTS) is 1. The van der Waals surface area contributed by atoms with Crippen LogP contribution in [0, 0.1) is 11.6 Å². The molecule has 44 heavy (non-hydrogen) atoms. The molecule has 13 heteroatoms. The number of carboxylic acids is 1. The molecule has 1 unspecified atom stereocenters. The molecule has 0 spiro atoms. The number of hydrogen-bond acceptors (Lipinski definition) is 8. The zero-order chi connectivity index (χ0) is 31.6. The maximum atomic E-state index is 14.5. The van der Waals surface area contributed by atoms with E-state index < -0.39 is 56.4 Å². The molecule has 1 heterocycles. The number of nitrogens with one attached hydrogen (secondary N) is 1.